The van der Waals surface area contributed by atoms with E-state index in [1.807, 2.05) is 24.3 Å². The minimum absolute atomic E-state index is 0.241. The molecule has 3 unspecified atom stereocenters. The third-order valence-electron chi connectivity index (χ3n) is 4.26. The quantitative estimate of drug-likeness (QED) is 0.884. The van der Waals surface area contributed by atoms with Crippen LogP contribution in [0.2, 0.25) is 0 Å². The number of aliphatic hydroxyl groups excluding tert-OH is 1. The van der Waals surface area contributed by atoms with E-state index in [0.29, 0.717) is 12.5 Å². The molecule has 4 nitrogen and oxygen atoms in total. The summed E-state index contributed by atoms with van der Waals surface area (Å²) in [5, 5.41) is 18.9. The van der Waals surface area contributed by atoms with Gasteiger partial charge in [-0.15, -0.1) is 0 Å². The molecule has 1 heterocycles. The largest absolute Gasteiger partial charge is 0.481 e. The number of likely N-dealkylation sites (tertiary alicyclic amines) is 1. The van der Waals surface area contributed by atoms with E-state index in [2.05, 4.69) is 11.8 Å². The highest BCUT2D eigenvalue weighted by Gasteiger charge is 2.24. The number of piperidine rings is 1. The van der Waals surface area contributed by atoms with Gasteiger partial charge in [-0.05, 0) is 36.9 Å². The Kier molecular flexibility index (Phi) is 4.78. The van der Waals surface area contributed by atoms with Crippen LogP contribution in [0.15, 0.2) is 24.3 Å². The van der Waals surface area contributed by atoms with Crippen LogP contribution in [0.1, 0.15) is 37.3 Å². The molecule has 0 bridgehead atoms. The fraction of sp³-hybridized carbons (Fsp3) is 0.562. The number of benzene rings is 1. The van der Waals surface area contributed by atoms with Gasteiger partial charge in [-0.25, -0.2) is 0 Å². The van der Waals surface area contributed by atoms with Crippen molar-refractivity contribution in [2.45, 2.75) is 38.8 Å². The number of hydrogen-bond donors (Lipinski definition) is 2. The van der Waals surface area contributed by atoms with Gasteiger partial charge in [0.05, 0.1) is 12.0 Å². The lowest BCUT2D eigenvalue weighted by Gasteiger charge is -2.34. The summed E-state index contributed by atoms with van der Waals surface area (Å²) in [5.41, 5.74) is 1.99. The lowest BCUT2D eigenvalue weighted by molar-refractivity contribution is -0.138. The molecule has 1 aliphatic heterocycles. The smallest absolute Gasteiger partial charge is 0.310 e. The van der Waals surface area contributed by atoms with Gasteiger partial charge in [0.15, 0.2) is 0 Å². The van der Waals surface area contributed by atoms with Crippen molar-refractivity contribution in [3.05, 3.63) is 35.4 Å². The Labute approximate surface area is 120 Å². The molecule has 3 atom stereocenters. The Morgan fingerprint density at radius 1 is 1.40 bits per heavy atom. The molecule has 0 saturated carbocycles. The Balaban J connectivity index is 1.96. The summed E-state index contributed by atoms with van der Waals surface area (Å²) >= 11 is 0. The molecule has 110 valence electrons. The molecule has 0 spiro atoms. The molecule has 0 radical (unpaired) electrons. The van der Waals surface area contributed by atoms with Crippen LogP contribution < -0.4 is 0 Å². The third kappa shape index (κ3) is 3.58. The molecule has 1 aromatic carbocycles. The number of β-amino-alcohol motifs (C(OH)–C–C–N with tert-alkyl or cyclic N) is 1. The lowest BCUT2D eigenvalue weighted by atomic mass is 9.95. The van der Waals surface area contributed by atoms with Gasteiger partial charge in [0.1, 0.15) is 0 Å². The minimum atomic E-state index is -0.800. The van der Waals surface area contributed by atoms with Crippen molar-refractivity contribution in [1.29, 1.82) is 0 Å². The third-order valence-corrected chi connectivity index (χ3v) is 4.26. The van der Waals surface area contributed by atoms with Crippen molar-refractivity contribution < 1.29 is 15.0 Å². The van der Waals surface area contributed by atoms with E-state index in [1.165, 1.54) is 0 Å². The summed E-state index contributed by atoms with van der Waals surface area (Å²) in [5.74, 6) is -0.891. The van der Waals surface area contributed by atoms with Crippen molar-refractivity contribution in [1.82, 2.24) is 4.90 Å². The summed E-state index contributed by atoms with van der Waals surface area (Å²) in [4.78, 5) is 13.2. The first kappa shape index (κ1) is 15.0. The number of carboxylic acid groups (broad SMARTS) is 1. The van der Waals surface area contributed by atoms with Gasteiger partial charge in [0.2, 0.25) is 0 Å². The summed E-state index contributed by atoms with van der Waals surface area (Å²) in [6.45, 7) is 6.31. The molecule has 1 fully saturated rings. The Morgan fingerprint density at radius 2 is 2.05 bits per heavy atom. The van der Waals surface area contributed by atoms with Crippen LogP contribution in [0, 0.1) is 5.92 Å². The van der Waals surface area contributed by atoms with Crippen molar-refractivity contribution in [2.75, 3.05) is 13.1 Å². The molecule has 0 aliphatic carbocycles. The van der Waals surface area contributed by atoms with Gasteiger partial charge in [-0.2, -0.15) is 0 Å². The van der Waals surface area contributed by atoms with Crippen molar-refractivity contribution in [3.8, 4) is 0 Å². The summed E-state index contributed by atoms with van der Waals surface area (Å²) in [7, 11) is 0. The topological polar surface area (TPSA) is 60.8 Å². The maximum absolute atomic E-state index is 10.9. The van der Waals surface area contributed by atoms with Crippen LogP contribution in [-0.4, -0.2) is 40.3 Å². The van der Waals surface area contributed by atoms with E-state index in [9.17, 15) is 9.90 Å². The predicted molar refractivity (Wildman–Crippen MR) is 77.6 cm³/mol. The predicted octanol–water partition coefficient (Wildman–Crippen LogP) is 2.08. The maximum Gasteiger partial charge on any atom is 0.310 e. The number of carboxylic acids is 1. The van der Waals surface area contributed by atoms with Gasteiger partial charge in [0, 0.05) is 13.1 Å². The van der Waals surface area contributed by atoms with Gasteiger partial charge >= 0.3 is 5.97 Å². The molecule has 0 aromatic heterocycles. The maximum atomic E-state index is 10.9. The van der Waals surface area contributed by atoms with E-state index in [1.54, 1.807) is 6.92 Å². The van der Waals surface area contributed by atoms with Crippen molar-refractivity contribution in [2.24, 2.45) is 5.92 Å². The van der Waals surface area contributed by atoms with Crippen LogP contribution >= 0.6 is 0 Å². The fourth-order valence-corrected chi connectivity index (χ4v) is 2.57. The Hall–Kier alpha value is -1.39. The first-order valence-electron chi connectivity index (χ1n) is 7.19. The van der Waals surface area contributed by atoms with Gasteiger partial charge in [-0.1, -0.05) is 31.2 Å². The normalized spacial score (nSPS) is 25.4. The Bertz CT molecular complexity index is 457. The molecule has 1 saturated heterocycles. The number of aliphatic hydroxyl groups is 1. The zero-order valence-corrected chi connectivity index (χ0v) is 12.1. The van der Waals surface area contributed by atoms with E-state index in [0.717, 1.165) is 30.6 Å². The second-order valence-electron chi connectivity index (χ2n) is 5.87. The molecule has 20 heavy (non-hydrogen) atoms. The van der Waals surface area contributed by atoms with Crippen LogP contribution in [0.4, 0.5) is 0 Å². The molecule has 1 aliphatic rings. The standard InChI is InChI=1S/C16H23NO3/c1-11-7-8-17(10-15(11)18)9-13-3-5-14(6-4-13)12(2)16(19)20/h3-6,11-12,15,18H,7-10H2,1-2H3,(H,19,20). The van der Waals surface area contributed by atoms with E-state index in [-0.39, 0.29) is 6.10 Å². The van der Waals surface area contributed by atoms with Crippen LogP contribution in [0.3, 0.4) is 0 Å². The van der Waals surface area contributed by atoms with Gasteiger partial charge < -0.3 is 10.2 Å². The summed E-state index contributed by atoms with van der Waals surface area (Å²) in [6.07, 6.45) is 0.782. The summed E-state index contributed by atoms with van der Waals surface area (Å²) in [6, 6.07) is 7.74. The second kappa shape index (κ2) is 6.37. The highest BCUT2D eigenvalue weighted by atomic mass is 16.4. The van der Waals surface area contributed by atoms with Crippen molar-refractivity contribution >= 4 is 5.97 Å². The first-order chi connectivity index (χ1) is 9.47. The highest BCUT2D eigenvalue weighted by Crippen LogP contribution is 2.20. The zero-order chi connectivity index (χ0) is 14.7. The average molecular weight is 277 g/mol. The van der Waals surface area contributed by atoms with Gasteiger partial charge in [-0.3, -0.25) is 9.69 Å². The van der Waals surface area contributed by atoms with E-state index < -0.39 is 11.9 Å². The molecule has 2 rings (SSSR count). The second-order valence-corrected chi connectivity index (χ2v) is 5.87. The van der Waals surface area contributed by atoms with Crippen LogP contribution in [0.5, 0.6) is 0 Å². The molecule has 0 amide bonds. The SMILES string of the molecule is CC(C(=O)O)c1ccc(CN2CCC(C)C(O)C2)cc1. The highest BCUT2D eigenvalue weighted by molar-refractivity contribution is 5.75. The Morgan fingerprint density at radius 3 is 2.60 bits per heavy atom. The van der Waals surface area contributed by atoms with Gasteiger partial charge in [0.25, 0.3) is 0 Å². The molecule has 4 heteroatoms. The number of rotatable bonds is 4. The number of hydrogen-bond acceptors (Lipinski definition) is 3. The van der Waals surface area contributed by atoms with Crippen LogP contribution in [0.25, 0.3) is 0 Å². The van der Waals surface area contributed by atoms with Crippen LogP contribution in [-0.2, 0) is 11.3 Å². The zero-order valence-electron chi connectivity index (χ0n) is 12.1. The lowest BCUT2D eigenvalue weighted by Crippen LogP contribution is -2.42. The number of carbonyl (C=O) groups is 1. The molecule has 2 N–H and O–H groups in total. The average Bonchev–Trinajstić information content (AvgIpc) is 2.43. The van der Waals surface area contributed by atoms with E-state index >= 15 is 0 Å². The number of nitrogens with zero attached hydrogens (tertiary/aromatic N) is 1. The molecule has 1 aromatic rings. The minimum Gasteiger partial charge on any atom is -0.481 e. The molecular formula is C16H23NO3. The fourth-order valence-electron chi connectivity index (χ4n) is 2.57. The number of aliphatic carboxylic acids is 1. The van der Waals surface area contributed by atoms with E-state index in [4.69, 9.17) is 5.11 Å². The first-order valence-corrected chi connectivity index (χ1v) is 7.19. The summed E-state index contributed by atoms with van der Waals surface area (Å²) < 4.78 is 0. The molecular weight excluding hydrogens is 254 g/mol. The monoisotopic (exact) mass is 277 g/mol. The van der Waals surface area contributed by atoms with Crippen molar-refractivity contribution in [3.63, 3.8) is 0 Å².